The molecule has 0 radical (unpaired) electrons. The van der Waals surface area contributed by atoms with Gasteiger partial charge in [0.05, 0.1) is 18.0 Å². The van der Waals surface area contributed by atoms with E-state index >= 15 is 0 Å². The summed E-state index contributed by atoms with van der Waals surface area (Å²) < 4.78 is 26.4. The van der Waals surface area contributed by atoms with E-state index in [9.17, 15) is 13.2 Å². The zero-order valence-electron chi connectivity index (χ0n) is 18.5. The van der Waals surface area contributed by atoms with Crippen molar-refractivity contribution in [1.29, 1.82) is 0 Å². The number of nitrogens with one attached hydrogen (secondary N) is 3. The molecule has 1 aromatic rings. The third-order valence-electron chi connectivity index (χ3n) is 4.02. The van der Waals surface area contributed by atoms with Gasteiger partial charge in [0.15, 0.2) is 5.96 Å². The second-order valence-corrected chi connectivity index (χ2v) is 10.1. The second kappa shape index (κ2) is 10.6. The Kier molecular flexibility index (Phi) is 9.10. The van der Waals surface area contributed by atoms with Crippen molar-refractivity contribution < 1.29 is 13.2 Å². The van der Waals surface area contributed by atoms with Crippen molar-refractivity contribution in [3.8, 4) is 0 Å². The molecule has 1 rings (SSSR count). The Balaban J connectivity index is 2.79. The standard InChI is InChI=1S/C20H35N5O3S/c1-8-21-19(23-14-18(26)24-20(4,5)6)22-13-16-9-11-17(12-10-16)29(27,28)25(7)15(2)3/h9-12,15H,8,13-14H2,1-7H3,(H,24,26)(H2,21,22,23). The zero-order chi connectivity index (χ0) is 22.2. The number of hydrogen-bond donors (Lipinski definition) is 3. The fraction of sp³-hybridized carbons (Fsp3) is 0.600. The summed E-state index contributed by atoms with van der Waals surface area (Å²) >= 11 is 0. The van der Waals surface area contributed by atoms with Gasteiger partial charge in [-0.15, -0.1) is 0 Å². The molecule has 0 fully saturated rings. The number of carbonyl (C=O) groups excluding carboxylic acids is 1. The van der Waals surface area contributed by atoms with Gasteiger partial charge in [-0.2, -0.15) is 4.31 Å². The van der Waals surface area contributed by atoms with E-state index in [1.165, 1.54) is 4.31 Å². The zero-order valence-corrected chi connectivity index (χ0v) is 19.4. The van der Waals surface area contributed by atoms with Gasteiger partial charge in [-0.05, 0) is 59.2 Å². The maximum Gasteiger partial charge on any atom is 0.243 e. The molecule has 3 N–H and O–H groups in total. The van der Waals surface area contributed by atoms with Gasteiger partial charge in [0.2, 0.25) is 15.9 Å². The van der Waals surface area contributed by atoms with Crippen molar-refractivity contribution in [2.75, 3.05) is 20.1 Å². The van der Waals surface area contributed by atoms with E-state index in [2.05, 4.69) is 20.9 Å². The summed E-state index contributed by atoms with van der Waals surface area (Å²) in [6.45, 7) is 12.5. The topological polar surface area (TPSA) is 103 Å². The monoisotopic (exact) mass is 425 g/mol. The van der Waals surface area contributed by atoms with Gasteiger partial charge in [0, 0.05) is 25.2 Å². The van der Waals surface area contributed by atoms with Crippen LogP contribution in [0.2, 0.25) is 0 Å². The molecule has 29 heavy (non-hydrogen) atoms. The Bertz CT molecular complexity index is 796. The average molecular weight is 426 g/mol. The van der Waals surface area contributed by atoms with E-state index in [-0.39, 0.29) is 28.9 Å². The van der Waals surface area contributed by atoms with Crippen LogP contribution in [0.1, 0.15) is 47.1 Å². The van der Waals surface area contributed by atoms with Crippen LogP contribution in [-0.2, 0) is 21.4 Å². The molecule has 0 aliphatic carbocycles. The molecule has 0 aliphatic heterocycles. The van der Waals surface area contributed by atoms with E-state index < -0.39 is 10.0 Å². The Morgan fingerprint density at radius 1 is 1.14 bits per heavy atom. The highest BCUT2D eigenvalue weighted by molar-refractivity contribution is 7.89. The smallest absolute Gasteiger partial charge is 0.243 e. The number of aliphatic imine (C=N–C) groups is 1. The molecular weight excluding hydrogens is 390 g/mol. The van der Waals surface area contributed by atoms with E-state index in [0.717, 1.165) is 5.56 Å². The number of guanidine groups is 1. The van der Waals surface area contributed by atoms with E-state index in [1.54, 1.807) is 31.3 Å². The van der Waals surface area contributed by atoms with Crippen molar-refractivity contribution >= 4 is 21.9 Å². The van der Waals surface area contributed by atoms with E-state index in [4.69, 9.17) is 0 Å². The summed E-state index contributed by atoms with van der Waals surface area (Å²) in [7, 11) is -1.93. The number of benzene rings is 1. The van der Waals surface area contributed by atoms with Crippen LogP contribution in [0.4, 0.5) is 0 Å². The second-order valence-electron chi connectivity index (χ2n) is 8.11. The SMILES string of the molecule is CCNC(=NCc1ccc(S(=O)(=O)N(C)C(C)C)cc1)NCC(=O)NC(C)(C)C. The van der Waals surface area contributed by atoms with Crippen molar-refractivity contribution in [3.63, 3.8) is 0 Å². The minimum absolute atomic E-state index is 0.113. The number of hydrogen-bond acceptors (Lipinski definition) is 4. The third kappa shape index (κ3) is 8.41. The van der Waals surface area contributed by atoms with Crippen molar-refractivity contribution in [3.05, 3.63) is 29.8 Å². The van der Waals surface area contributed by atoms with Crippen LogP contribution in [0.5, 0.6) is 0 Å². The van der Waals surface area contributed by atoms with Crippen LogP contribution < -0.4 is 16.0 Å². The number of nitrogens with zero attached hydrogens (tertiary/aromatic N) is 2. The van der Waals surface area contributed by atoms with Gasteiger partial charge < -0.3 is 16.0 Å². The molecule has 0 spiro atoms. The molecule has 0 bridgehead atoms. The molecule has 0 saturated carbocycles. The predicted molar refractivity (Wildman–Crippen MR) is 117 cm³/mol. The lowest BCUT2D eigenvalue weighted by Gasteiger charge is -2.21. The minimum atomic E-state index is -3.50. The summed E-state index contributed by atoms with van der Waals surface area (Å²) in [5, 5.41) is 8.97. The summed E-state index contributed by atoms with van der Waals surface area (Å²) in [6, 6.07) is 6.57. The summed E-state index contributed by atoms with van der Waals surface area (Å²) in [4.78, 5) is 16.7. The fourth-order valence-corrected chi connectivity index (χ4v) is 3.72. The number of sulfonamides is 1. The van der Waals surface area contributed by atoms with Crippen molar-refractivity contribution in [2.24, 2.45) is 4.99 Å². The molecule has 1 amide bonds. The Morgan fingerprint density at radius 3 is 2.21 bits per heavy atom. The summed E-state index contributed by atoms with van der Waals surface area (Å²) in [5.41, 5.74) is 0.576. The maximum atomic E-state index is 12.5. The summed E-state index contributed by atoms with van der Waals surface area (Å²) in [5.74, 6) is 0.403. The lowest BCUT2D eigenvalue weighted by molar-refractivity contribution is -0.121. The molecule has 9 heteroatoms. The molecule has 0 aliphatic rings. The normalized spacial score (nSPS) is 12.9. The van der Waals surface area contributed by atoms with Crippen LogP contribution in [0.3, 0.4) is 0 Å². The molecule has 0 atom stereocenters. The van der Waals surface area contributed by atoms with Crippen molar-refractivity contribution in [2.45, 2.75) is 64.6 Å². The molecule has 0 unspecified atom stereocenters. The van der Waals surface area contributed by atoms with Gasteiger partial charge >= 0.3 is 0 Å². The number of rotatable bonds is 8. The van der Waals surface area contributed by atoms with Crippen LogP contribution >= 0.6 is 0 Å². The van der Waals surface area contributed by atoms with E-state index in [1.807, 2.05) is 41.5 Å². The lowest BCUT2D eigenvalue weighted by Crippen LogP contribution is -2.48. The minimum Gasteiger partial charge on any atom is -0.357 e. The molecule has 0 aromatic heterocycles. The average Bonchev–Trinajstić information content (AvgIpc) is 2.62. The first kappa shape index (κ1) is 24.9. The quantitative estimate of drug-likeness (QED) is 0.434. The van der Waals surface area contributed by atoms with Gasteiger partial charge in [-0.3, -0.25) is 4.79 Å². The highest BCUT2D eigenvalue weighted by atomic mass is 32.2. The molecule has 8 nitrogen and oxygen atoms in total. The predicted octanol–water partition coefficient (Wildman–Crippen LogP) is 1.69. The van der Waals surface area contributed by atoms with Crippen LogP contribution in [0.15, 0.2) is 34.2 Å². The molecule has 1 aromatic carbocycles. The molecule has 164 valence electrons. The largest absolute Gasteiger partial charge is 0.357 e. The van der Waals surface area contributed by atoms with E-state index in [0.29, 0.717) is 19.0 Å². The third-order valence-corrected chi connectivity index (χ3v) is 6.07. The Morgan fingerprint density at radius 2 is 1.72 bits per heavy atom. The fourth-order valence-electron chi connectivity index (χ4n) is 2.35. The highest BCUT2D eigenvalue weighted by Gasteiger charge is 2.22. The van der Waals surface area contributed by atoms with Gasteiger partial charge in [0.1, 0.15) is 0 Å². The first-order valence-electron chi connectivity index (χ1n) is 9.77. The van der Waals surface area contributed by atoms with Gasteiger partial charge in [-0.1, -0.05) is 12.1 Å². The maximum absolute atomic E-state index is 12.5. The molecule has 0 heterocycles. The van der Waals surface area contributed by atoms with Crippen LogP contribution in [-0.4, -0.2) is 56.3 Å². The number of amides is 1. The highest BCUT2D eigenvalue weighted by Crippen LogP contribution is 2.17. The van der Waals surface area contributed by atoms with Gasteiger partial charge in [-0.25, -0.2) is 13.4 Å². The first-order chi connectivity index (χ1) is 13.4. The van der Waals surface area contributed by atoms with Crippen molar-refractivity contribution in [1.82, 2.24) is 20.3 Å². The first-order valence-corrected chi connectivity index (χ1v) is 11.2. The molecule has 0 saturated heterocycles. The van der Waals surface area contributed by atoms with Crippen LogP contribution in [0, 0.1) is 0 Å². The van der Waals surface area contributed by atoms with Gasteiger partial charge in [0.25, 0.3) is 0 Å². The lowest BCUT2D eigenvalue weighted by atomic mass is 10.1. The summed E-state index contributed by atoms with van der Waals surface area (Å²) in [6.07, 6.45) is 0. The Hall–Kier alpha value is -2.13. The molecular formula is C20H35N5O3S. The number of carbonyl (C=O) groups is 1. The van der Waals surface area contributed by atoms with Crippen LogP contribution in [0.25, 0.3) is 0 Å². The Labute approximate surface area is 175 Å².